The first kappa shape index (κ1) is 38.5. The lowest BCUT2D eigenvalue weighted by Gasteiger charge is -2.27. The van der Waals surface area contributed by atoms with Crippen molar-refractivity contribution in [1.29, 1.82) is 0 Å². The smallest absolute Gasteiger partial charge is 0.249 e. The van der Waals surface area contributed by atoms with Gasteiger partial charge in [0, 0.05) is 80.5 Å². The molecule has 8 N–H and O–H groups in total. The molecule has 2 aliphatic heterocycles. The summed E-state index contributed by atoms with van der Waals surface area (Å²) in [5.41, 5.74) is 26.0. The van der Waals surface area contributed by atoms with Crippen LogP contribution in [0.5, 0.6) is 11.5 Å². The van der Waals surface area contributed by atoms with Crippen LogP contribution in [0.1, 0.15) is 43.0 Å². The lowest BCUT2D eigenvalue weighted by molar-refractivity contribution is 0.0992. The fraction of sp³-hybridized carbons (Fsp3) is 0.136. The number of fused-ring (bicyclic) bond motifs is 2. The zero-order valence-corrected chi connectivity index (χ0v) is 31.3. The largest absolute Gasteiger partial charge is 0.481 e. The summed E-state index contributed by atoms with van der Waals surface area (Å²) in [5.74, 6) is -1.47. The van der Waals surface area contributed by atoms with Crippen LogP contribution in [0.3, 0.4) is 0 Å². The van der Waals surface area contributed by atoms with Gasteiger partial charge in [0.1, 0.15) is 23.1 Å². The SMILES string of the molecule is NC[C@@]1(c2ccccc2)Cc2c(ccc(Cl)c2-c2c(F)cccc2C(N)=O)O1.NC[C@@]1(c2ccccc2)Cc2c(ccc(Cl)c2-c2c(F)cccc2C(N)=O)O1. The lowest BCUT2D eigenvalue weighted by atomic mass is 9.85. The summed E-state index contributed by atoms with van der Waals surface area (Å²) in [7, 11) is 0. The number of nitrogens with two attached hydrogens (primary N) is 4. The normalized spacial score (nSPS) is 17.8. The molecule has 0 unspecified atom stereocenters. The molecule has 6 aromatic carbocycles. The van der Waals surface area contributed by atoms with E-state index in [0.29, 0.717) is 56.6 Å². The van der Waals surface area contributed by atoms with E-state index >= 15 is 0 Å². The van der Waals surface area contributed by atoms with Crippen molar-refractivity contribution in [2.24, 2.45) is 22.9 Å². The van der Waals surface area contributed by atoms with Gasteiger partial charge in [-0.1, -0.05) is 96.0 Å². The maximum Gasteiger partial charge on any atom is 0.249 e. The minimum absolute atomic E-state index is 0.0697. The maximum atomic E-state index is 14.8. The number of halogens is 4. The standard InChI is InChI=1S/2C22H18ClFN2O2/c2*23-16-9-10-18-15(11-22(12-25,28-18)13-5-2-1-3-6-13)19(16)20-14(21(26)27)7-4-8-17(20)24/h2*1-10H,11-12,25H2,(H2,26,27)/t2*22-/m11/s1. The van der Waals surface area contributed by atoms with E-state index < -0.39 is 34.7 Å². The fourth-order valence-corrected chi connectivity index (χ4v) is 8.13. The second-order valence-electron chi connectivity index (χ2n) is 13.5. The van der Waals surface area contributed by atoms with Crippen molar-refractivity contribution in [1.82, 2.24) is 0 Å². The summed E-state index contributed by atoms with van der Waals surface area (Å²) in [4.78, 5) is 23.9. The molecule has 8 nitrogen and oxygen atoms in total. The van der Waals surface area contributed by atoms with Gasteiger partial charge in [-0.15, -0.1) is 0 Å². The molecule has 0 fully saturated rings. The van der Waals surface area contributed by atoms with Crippen LogP contribution in [0.2, 0.25) is 10.0 Å². The molecule has 2 heterocycles. The summed E-state index contributed by atoms with van der Waals surface area (Å²) in [6, 6.07) is 34.4. The number of primary amides is 2. The Balaban J connectivity index is 0.000000172. The second-order valence-corrected chi connectivity index (χ2v) is 14.4. The fourth-order valence-electron chi connectivity index (χ4n) is 7.58. The summed E-state index contributed by atoms with van der Waals surface area (Å²) in [6.07, 6.45) is 0.788. The summed E-state index contributed by atoms with van der Waals surface area (Å²) in [6.45, 7) is 0.450. The van der Waals surface area contributed by atoms with E-state index in [4.69, 9.17) is 55.6 Å². The van der Waals surface area contributed by atoms with E-state index in [0.717, 1.165) is 11.1 Å². The first-order valence-corrected chi connectivity index (χ1v) is 18.4. The third-order valence-electron chi connectivity index (χ3n) is 10.3. The molecule has 0 saturated heterocycles. The molecule has 2 aliphatic rings. The van der Waals surface area contributed by atoms with Gasteiger partial charge in [0.15, 0.2) is 11.2 Å². The lowest BCUT2D eigenvalue weighted by Crippen LogP contribution is -2.39. The van der Waals surface area contributed by atoms with Crippen LogP contribution in [0.15, 0.2) is 121 Å². The Morgan fingerprint density at radius 3 is 1.25 bits per heavy atom. The quantitative estimate of drug-likeness (QED) is 0.122. The number of rotatable bonds is 8. The maximum absolute atomic E-state index is 14.8. The van der Waals surface area contributed by atoms with Crippen LogP contribution in [0, 0.1) is 11.6 Å². The average molecular weight is 794 g/mol. The van der Waals surface area contributed by atoms with E-state index in [-0.39, 0.29) is 35.3 Å². The van der Waals surface area contributed by atoms with E-state index in [2.05, 4.69) is 0 Å². The molecule has 56 heavy (non-hydrogen) atoms. The summed E-state index contributed by atoms with van der Waals surface area (Å²) < 4.78 is 42.1. The highest BCUT2D eigenvalue weighted by atomic mass is 35.5. The van der Waals surface area contributed by atoms with Crippen LogP contribution in [-0.4, -0.2) is 24.9 Å². The first-order valence-electron chi connectivity index (χ1n) is 17.6. The third kappa shape index (κ3) is 6.75. The third-order valence-corrected chi connectivity index (χ3v) is 10.9. The molecule has 2 amide bonds. The molecule has 284 valence electrons. The Morgan fingerprint density at radius 1 is 0.536 bits per heavy atom. The van der Waals surface area contributed by atoms with E-state index in [1.165, 1.54) is 36.4 Å². The topological polar surface area (TPSA) is 157 Å². The Hall–Kier alpha value is -5.78. The number of hydrogen-bond donors (Lipinski definition) is 4. The molecular weight excluding hydrogens is 757 g/mol. The summed E-state index contributed by atoms with van der Waals surface area (Å²) in [5, 5.41) is 0.631. The van der Waals surface area contributed by atoms with Crippen LogP contribution >= 0.6 is 23.2 Å². The van der Waals surface area contributed by atoms with Crippen LogP contribution in [-0.2, 0) is 24.0 Å². The Morgan fingerprint density at radius 2 is 0.911 bits per heavy atom. The number of ether oxygens (including phenoxy) is 2. The number of carbonyl (C=O) groups excluding carboxylic acids is 2. The van der Waals surface area contributed by atoms with Gasteiger partial charge in [-0.2, -0.15) is 0 Å². The van der Waals surface area contributed by atoms with Crippen molar-refractivity contribution < 1.29 is 27.8 Å². The zero-order chi connectivity index (χ0) is 39.8. The molecule has 0 radical (unpaired) electrons. The zero-order valence-electron chi connectivity index (χ0n) is 29.8. The van der Waals surface area contributed by atoms with E-state index in [1.54, 1.807) is 24.3 Å². The van der Waals surface area contributed by atoms with Crippen molar-refractivity contribution in [3.63, 3.8) is 0 Å². The van der Waals surface area contributed by atoms with Crippen LogP contribution in [0.4, 0.5) is 8.78 Å². The monoisotopic (exact) mass is 792 g/mol. The van der Waals surface area contributed by atoms with Gasteiger partial charge in [-0.05, 0) is 59.7 Å². The number of carbonyl (C=O) groups is 2. The van der Waals surface area contributed by atoms with Crippen molar-refractivity contribution in [3.8, 4) is 33.8 Å². The van der Waals surface area contributed by atoms with Gasteiger partial charge in [-0.25, -0.2) is 8.78 Å². The first-order chi connectivity index (χ1) is 26.9. The van der Waals surface area contributed by atoms with Gasteiger partial charge >= 0.3 is 0 Å². The van der Waals surface area contributed by atoms with Gasteiger partial charge < -0.3 is 32.4 Å². The van der Waals surface area contributed by atoms with Crippen molar-refractivity contribution in [2.75, 3.05) is 13.1 Å². The Bertz CT molecular complexity index is 2320. The number of amides is 2. The van der Waals surface area contributed by atoms with Crippen molar-refractivity contribution >= 4 is 35.0 Å². The molecule has 0 aromatic heterocycles. The summed E-state index contributed by atoms with van der Waals surface area (Å²) >= 11 is 12.9. The molecule has 6 aromatic rings. The Labute approximate surface area is 331 Å². The highest BCUT2D eigenvalue weighted by Crippen LogP contribution is 2.50. The van der Waals surface area contributed by atoms with E-state index in [9.17, 15) is 18.4 Å². The minimum atomic E-state index is -0.791. The Kier molecular flexibility index (Phi) is 10.6. The molecular formula is C44H36Cl2F2N4O4. The van der Waals surface area contributed by atoms with Gasteiger partial charge in [0.05, 0.1) is 0 Å². The minimum Gasteiger partial charge on any atom is -0.481 e. The predicted octanol–water partition coefficient (Wildman–Crippen LogP) is 8.07. The van der Waals surface area contributed by atoms with Gasteiger partial charge in [-0.3, -0.25) is 9.59 Å². The highest BCUT2D eigenvalue weighted by molar-refractivity contribution is 6.34. The number of hydrogen-bond acceptors (Lipinski definition) is 6. The second kappa shape index (κ2) is 15.4. The van der Waals surface area contributed by atoms with Crippen molar-refractivity contribution in [3.05, 3.63) is 176 Å². The van der Waals surface area contributed by atoms with Gasteiger partial charge in [0.25, 0.3) is 0 Å². The van der Waals surface area contributed by atoms with E-state index in [1.807, 2.05) is 60.7 Å². The van der Waals surface area contributed by atoms with Crippen molar-refractivity contribution in [2.45, 2.75) is 24.0 Å². The van der Waals surface area contributed by atoms with Gasteiger partial charge in [0.2, 0.25) is 11.8 Å². The average Bonchev–Trinajstić information content (AvgIpc) is 3.80. The molecule has 0 spiro atoms. The molecule has 0 aliphatic carbocycles. The molecule has 12 heteroatoms. The number of benzene rings is 6. The van der Waals surface area contributed by atoms with Crippen LogP contribution < -0.4 is 32.4 Å². The molecule has 0 saturated carbocycles. The molecule has 2 atom stereocenters. The molecule has 0 bridgehead atoms. The highest BCUT2D eigenvalue weighted by Gasteiger charge is 2.43. The predicted molar refractivity (Wildman–Crippen MR) is 214 cm³/mol. The van der Waals surface area contributed by atoms with Crippen LogP contribution in [0.25, 0.3) is 22.3 Å². The molecule has 8 rings (SSSR count).